The summed E-state index contributed by atoms with van der Waals surface area (Å²) >= 11 is 0. The molecule has 0 spiro atoms. The van der Waals surface area contributed by atoms with Crippen LogP contribution in [0.2, 0.25) is 0 Å². The molecular weight excluding hydrogens is 311 g/mol. The van der Waals surface area contributed by atoms with Crippen LogP contribution in [0.4, 0.5) is 39.5 Å². The number of alkyl halides is 9. The van der Waals surface area contributed by atoms with E-state index < -0.39 is 42.4 Å². The fraction of sp³-hybridized carbons (Fsp3) is 0.889. The zero-order valence-corrected chi connectivity index (χ0v) is 10.0. The molecule has 0 amide bonds. The summed E-state index contributed by atoms with van der Waals surface area (Å²) in [6.45, 7) is 1.44. The van der Waals surface area contributed by atoms with E-state index in [0.717, 1.165) is 0 Å². The van der Waals surface area contributed by atoms with Gasteiger partial charge in [-0.05, 0) is 5.92 Å². The Kier molecular flexibility index (Phi) is 5.01. The summed E-state index contributed by atoms with van der Waals surface area (Å²) < 4.78 is 115. The molecule has 0 heterocycles. The third-order valence-corrected chi connectivity index (χ3v) is 2.13. The molecule has 0 N–H and O–H groups in total. The second-order valence-corrected chi connectivity index (χ2v) is 4.24. The van der Waals surface area contributed by atoms with Crippen LogP contribution in [-0.4, -0.2) is 31.1 Å². The van der Waals surface area contributed by atoms with Gasteiger partial charge < -0.3 is 4.74 Å². The van der Waals surface area contributed by atoms with Gasteiger partial charge >= 0.3 is 29.9 Å². The molecule has 11 heteroatoms. The van der Waals surface area contributed by atoms with Crippen LogP contribution in [0, 0.1) is 11.3 Å². The summed E-state index contributed by atoms with van der Waals surface area (Å²) in [5.74, 6) is -4.18. The molecule has 0 bridgehead atoms. The van der Waals surface area contributed by atoms with Gasteiger partial charge in [0.2, 0.25) is 0 Å². The molecule has 0 saturated carbocycles. The van der Waals surface area contributed by atoms with Gasteiger partial charge in [-0.25, -0.2) is 0 Å². The highest BCUT2D eigenvalue weighted by atomic mass is 19.4. The van der Waals surface area contributed by atoms with E-state index in [1.165, 1.54) is 13.8 Å². The summed E-state index contributed by atoms with van der Waals surface area (Å²) in [6, 6.07) is 0. The maximum absolute atomic E-state index is 12.4. The van der Waals surface area contributed by atoms with Gasteiger partial charge in [0.25, 0.3) is 0 Å². The predicted octanol–water partition coefficient (Wildman–Crippen LogP) is 3.86. The number of rotatable bonds is 3. The van der Waals surface area contributed by atoms with Crippen LogP contribution in [0.3, 0.4) is 0 Å². The Hall–Kier alpha value is -1.16. The van der Waals surface area contributed by atoms with Crippen molar-refractivity contribution in [2.45, 2.75) is 32.4 Å². The van der Waals surface area contributed by atoms with Gasteiger partial charge in [0.1, 0.15) is 0 Å². The highest BCUT2D eigenvalue weighted by Crippen LogP contribution is 2.59. The first-order chi connectivity index (χ1) is 8.59. The van der Waals surface area contributed by atoms with E-state index in [1.807, 2.05) is 0 Å². The Balaban J connectivity index is 5.99. The molecule has 0 aromatic carbocycles. The summed E-state index contributed by atoms with van der Waals surface area (Å²) in [4.78, 5) is 10.9. The van der Waals surface area contributed by atoms with Gasteiger partial charge in [0.05, 0.1) is 6.61 Å². The van der Waals surface area contributed by atoms with Crippen molar-refractivity contribution in [3.05, 3.63) is 0 Å². The van der Waals surface area contributed by atoms with Crippen LogP contribution < -0.4 is 0 Å². The van der Waals surface area contributed by atoms with Crippen LogP contribution >= 0.6 is 0 Å². The van der Waals surface area contributed by atoms with E-state index in [9.17, 15) is 44.3 Å². The predicted molar refractivity (Wildman–Crippen MR) is 46.4 cm³/mol. The number of ether oxygens (including phenoxy) is 1. The van der Waals surface area contributed by atoms with Gasteiger partial charge in [-0.2, -0.15) is 39.5 Å². The Labute approximate surface area is 106 Å². The Morgan fingerprint density at radius 1 is 0.850 bits per heavy atom. The van der Waals surface area contributed by atoms with E-state index in [2.05, 4.69) is 4.74 Å². The van der Waals surface area contributed by atoms with Crippen molar-refractivity contribution in [2.75, 3.05) is 6.61 Å². The summed E-state index contributed by atoms with van der Waals surface area (Å²) in [7, 11) is 0. The summed E-state index contributed by atoms with van der Waals surface area (Å²) in [6.07, 6.45) is -20.8. The minimum atomic E-state index is -6.93. The summed E-state index contributed by atoms with van der Waals surface area (Å²) in [5, 5.41) is 0. The monoisotopic (exact) mass is 320 g/mol. The lowest BCUT2D eigenvalue weighted by Gasteiger charge is -2.36. The van der Waals surface area contributed by atoms with Crippen molar-refractivity contribution < 1.29 is 49.0 Å². The quantitative estimate of drug-likeness (QED) is 0.583. The van der Waals surface area contributed by atoms with Gasteiger partial charge in [-0.15, -0.1) is 0 Å². The second kappa shape index (κ2) is 5.32. The molecule has 0 aromatic heterocycles. The number of hydrogen-bond donors (Lipinski definition) is 0. The minimum Gasteiger partial charge on any atom is -0.464 e. The lowest BCUT2D eigenvalue weighted by molar-refractivity contribution is -0.412. The molecule has 0 aliphatic rings. The standard InChI is InChI=1S/C9H9F9O2/c1-4(2)3-20-5(19)6(7(10,11)12,8(13,14)15)9(16,17)18/h4H,3H2,1-2H3. The average molecular weight is 320 g/mol. The van der Waals surface area contributed by atoms with Crippen LogP contribution in [0.25, 0.3) is 0 Å². The molecule has 20 heavy (non-hydrogen) atoms. The zero-order chi connectivity index (χ0) is 16.6. The fourth-order valence-corrected chi connectivity index (χ4v) is 1.18. The molecule has 0 saturated heterocycles. The van der Waals surface area contributed by atoms with Crippen molar-refractivity contribution in [3.8, 4) is 0 Å². The van der Waals surface area contributed by atoms with Crippen molar-refractivity contribution >= 4 is 5.97 Å². The number of halogens is 9. The number of carbonyl (C=O) groups excluding carboxylic acids is 1. The van der Waals surface area contributed by atoms with Gasteiger partial charge in [-0.1, -0.05) is 13.8 Å². The lowest BCUT2D eigenvalue weighted by Crippen LogP contribution is -2.64. The van der Waals surface area contributed by atoms with Gasteiger partial charge in [-0.3, -0.25) is 4.79 Å². The Morgan fingerprint density at radius 2 is 1.15 bits per heavy atom. The van der Waals surface area contributed by atoms with Crippen LogP contribution in [0.15, 0.2) is 0 Å². The molecule has 0 aliphatic carbocycles. The van der Waals surface area contributed by atoms with Crippen LogP contribution in [0.5, 0.6) is 0 Å². The molecule has 0 unspecified atom stereocenters. The van der Waals surface area contributed by atoms with Crippen molar-refractivity contribution in [1.29, 1.82) is 0 Å². The molecule has 0 aliphatic heterocycles. The molecule has 120 valence electrons. The topological polar surface area (TPSA) is 26.3 Å². The summed E-state index contributed by atoms with van der Waals surface area (Å²) in [5.41, 5.74) is -6.55. The highest BCUT2D eigenvalue weighted by molar-refractivity contribution is 5.80. The van der Waals surface area contributed by atoms with Gasteiger partial charge in [0.15, 0.2) is 0 Å². The Bertz CT molecular complexity index is 314. The van der Waals surface area contributed by atoms with Crippen molar-refractivity contribution in [3.63, 3.8) is 0 Å². The first-order valence-electron chi connectivity index (χ1n) is 4.96. The van der Waals surface area contributed by atoms with Crippen LogP contribution in [0.1, 0.15) is 13.8 Å². The fourth-order valence-electron chi connectivity index (χ4n) is 1.18. The van der Waals surface area contributed by atoms with Crippen LogP contribution in [-0.2, 0) is 9.53 Å². The number of hydrogen-bond acceptors (Lipinski definition) is 2. The van der Waals surface area contributed by atoms with E-state index in [1.54, 1.807) is 0 Å². The van der Waals surface area contributed by atoms with Crippen molar-refractivity contribution in [1.82, 2.24) is 0 Å². The number of carbonyl (C=O) groups is 1. The van der Waals surface area contributed by atoms with E-state index in [4.69, 9.17) is 0 Å². The number of esters is 1. The normalized spacial score (nSPS) is 14.6. The first-order valence-corrected chi connectivity index (χ1v) is 4.96. The Morgan fingerprint density at radius 3 is 1.35 bits per heavy atom. The first kappa shape index (κ1) is 18.8. The molecular formula is C9H9F9O2. The molecule has 0 atom stereocenters. The minimum absolute atomic E-state index is 0.744. The SMILES string of the molecule is CC(C)COC(=O)C(C(F)(F)F)(C(F)(F)F)C(F)(F)F. The maximum Gasteiger partial charge on any atom is 0.422 e. The largest absolute Gasteiger partial charge is 0.464 e. The second-order valence-electron chi connectivity index (χ2n) is 4.24. The molecule has 0 aromatic rings. The molecule has 0 radical (unpaired) electrons. The smallest absolute Gasteiger partial charge is 0.422 e. The highest BCUT2D eigenvalue weighted by Gasteiger charge is 2.89. The van der Waals surface area contributed by atoms with E-state index >= 15 is 0 Å². The maximum atomic E-state index is 12.4. The lowest BCUT2D eigenvalue weighted by atomic mass is 9.85. The third kappa shape index (κ3) is 3.11. The molecule has 2 nitrogen and oxygen atoms in total. The van der Waals surface area contributed by atoms with Crippen molar-refractivity contribution in [2.24, 2.45) is 11.3 Å². The third-order valence-electron chi connectivity index (χ3n) is 2.13. The molecule has 0 fully saturated rings. The molecule has 0 rings (SSSR count). The average Bonchev–Trinajstić information content (AvgIpc) is 2.07. The zero-order valence-electron chi connectivity index (χ0n) is 10.0. The van der Waals surface area contributed by atoms with Gasteiger partial charge in [0, 0.05) is 0 Å². The van der Waals surface area contributed by atoms with E-state index in [0.29, 0.717) is 0 Å². The van der Waals surface area contributed by atoms with E-state index in [-0.39, 0.29) is 0 Å².